The number of thiazole rings is 1. The number of piperazine rings is 1. The summed E-state index contributed by atoms with van der Waals surface area (Å²) < 4.78 is 37.1. The van der Waals surface area contributed by atoms with Gasteiger partial charge in [-0.1, -0.05) is 0 Å². The molecule has 0 saturated carbocycles. The van der Waals surface area contributed by atoms with Crippen LogP contribution in [0.5, 0.6) is 0 Å². The topological polar surface area (TPSA) is 70.2 Å². The van der Waals surface area contributed by atoms with Crippen molar-refractivity contribution in [2.24, 2.45) is 0 Å². The largest absolute Gasteiger partial charge is 0.405 e. The molecule has 0 aliphatic carbocycles. The van der Waals surface area contributed by atoms with Gasteiger partial charge in [-0.25, -0.2) is 4.98 Å². The van der Waals surface area contributed by atoms with Crippen molar-refractivity contribution in [2.45, 2.75) is 31.6 Å². The molecule has 152 valence electrons. The van der Waals surface area contributed by atoms with Crippen LogP contribution in [0.15, 0.2) is 29.9 Å². The van der Waals surface area contributed by atoms with Gasteiger partial charge in [-0.05, 0) is 26.0 Å². The molecule has 3 rings (SSSR count). The summed E-state index contributed by atoms with van der Waals surface area (Å²) >= 11 is 1.51. The van der Waals surface area contributed by atoms with Gasteiger partial charge in [0.1, 0.15) is 11.6 Å². The van der Waals surface area contributed by atoms with Gasteiger partial charge >= 0.3 is 6.18 Å². The summed E-state index contributed by atoms with van der Waals surface area (Å²) in [4.78, 5) is 23.0. The van der Waals surface area contributed by atoms with E-state index in [0.717, 1.165) is 16.3 Å². The van der Waals surface area contributed by atoms with Gasteiger partial charge in [-0.3, -0.25) is 14.7 Å². The van der Waals surface area contributed by atoms with E-state index < -0.39 is 30.2 Å². The Morgan fingerprint density at radius 1 is 1.43 bits per heavy atom. The molecule has 2 N–H and O–H groups in total. The first-order valence-corrected chi connectivity index (χ1v) is 9.74. The van der Waals surface area contributed by atoms with E-state index in [-0.39, 0.29) is 0 Å². The van der Waals surface area contributed by atoms with Gasteiger partial charge in [0, 0.05) is 43.0 Å². The predicted octanol–water partition coefficient (Wildman–Crippen LogP) is 2.39. The maximum absolute atomic E-state index is 12.4. The van der Waals surface area contributed by atoms with Crippen LogP contribution in [-0.2, 0) is 10.3 Å². The van der Waals surface area contributed by atoms with Gasteiger partial charge in [0.05, 0.1) is 17.3 Å². The molecule has 1 unspecified atom stereocenters. The molecule has 1 aliphatic heterocycles. The van der Waals surface area contributed by atoms with Gasteiger partial charge in [-0.15, -0.1) is 11.3 Å². The van der Waals surface area contributed by atoms with Crippen molar-refractivity contribution in [3.8, 4) is 10.6 Å². The SMILES string of the molecule is CC(C)(c1csc(-c2cccnc2)n1)N1CCNC(C(=O)NCC(F)(F)F)C1. The lowest BCUT2D eigenvalue weighted by molar-refractivity contribution is -0.140. The summed E-state index contributed by atoms with van der Waals surface area (Å²) in [6, 6.07) is 3.09. The number of nitrogens with one attached hydrogen (secondary N) is 2. The highest BCUT2D eigenvalue weighted by Crippen LogP contribution is 2.32. The molecule has 2 aromatic heterocycles. The molecule has 1 fully saturated rings. The van der Waals surface area contributed by atoms with Crippen LogP contribution < -0.4 is 10.6 Å². The van der Waals surface area contributed by atoms with Gasteiger partial charge in [0.15, 0.2) is 0 Å². The van der Waals surface area contributed by atoms with Gasteiger partial charge in [-0.2, -0.15) is 13.2 Å². The normalized spacial score (nSPS) is 18.8. The van der Waals surface area contributed by atoms with Gasteiger partial charge < -0.3 is 10.6 Å². The number of hydrogen-bond acceptors (Lipinski definition) is 6. The second kappa shape index (κ2) is 8.14. The number of nitrogens with zero attached hydrogens (tertiary/aromatic N) is 3. The van der Waals surface area contributed by atoms with Crippen molar-refractivity contribution in [2.75, 3.05) is 26.2 Å². The van der Waals surface area contributed by atoms with E-state index in [1.54, 1.807) is 12.4 Å². The predicted molar refractivity (Wildman–Crippen MR) is 101 cm³/mol. The Morgan fingerprint density at radius 3 is 2.89 bits per heavy atom. The van der Waals surface area contributed by atoms with Crippen LogP contribution in [0.25, 0.3) is 10.6 Å². The fourth-order valence-electron chi connectivity index (χ4n) is 3.08. The third-order valence-corrected chi connectivity index (χ3v) is 5.68. The highest BCUT2D eigenvalue weighted by molar-refractivity contribution is 7.13. The van der Waals surface area contributed by atoms with Crippen LogP contribution in [0.2, 0.25) is 0 Å². The smallest absolute Gasteiger partial charge is 0.346 e. The minimum Gasteiger partial charge on any atom is -0.346 e. The van der Waals surface area contributed by atoms with E-state index >= 15 is 0 Å². The van der Waals surface area contributed by atoms with Crippen molar-refractivity contribution in [1.82, 2.24) is 25.5 Å². The van der Waals surface area contributed by atoms with Crippen molar-refractivity contribution in [3.05, 3.63) is 35.6 Å². The number of hydrogen-bond donors (Lipinski definition) is 2. The zero-order valence-electron chi connectivity index (χ0n) is 15.6. The summed E-state index contributed by atoms with van der Waals surface area (Å²) in [5.41, 5.74) is 1.31. The molecule has 0 spiro atoms. The summed E-state index contributed by atoms with van der Waals surface area (Å²) in [6.07, 6.45) is -0.972. The van der Waals surface area contributed by atoms with E-state index in [1.165, 1.54) is 11.3 Å². The first kappa shape index (κ1) is 20.7. The summed E-state index contributed by atoms with van der Waals surface area (Å²) in [7, 11) is 0. The molecule has 1 atom stereocenters. The number of amides is 1. The van der Waals surface area contributed by atoms with Crippen molar-refractivity contribution >= 4 is 17.2 Å². The van der Waals surface area contributed by atoms with E-state index in [0.29, 0.717) is 19.6 Å². The number of halogens is 3. The maximum atomic E-state index is 12.4. The fourth-order valence-corrected chi connectivity index (χ4v) is 4.05. The Hall–Kier alpha value is -2.04. The number of rotatable bonds is 5. The van der Waals surface area contributed by atoms with E-state index in [1.807, 2.05) is 36.7 Å². The zero-order chi connectivity index (χ0) is 20.4. The minimum absolute atomic E-state index is 0.302. The number of carbonyl (C=O) groups is 1. The van der Waals surface area contributed by atoms with Crippen LogP contribution in [0.4, 0.5) is 13.2 Å². The molecule has 2 aromatic rings. The molecule has 0 bridgehead atoms. The van der Waals surface area contributed by atoms with Crippen LogP contribution in [0, 0.1) is 0 Å². The van der Waals surface area contributed by atoms with E-state index in [4.69, 9.17) is 4.98 Å². The molecule has 1 amide bonds. The molecule has 0 aromatic carbocycles. The number of pyridine rings is 1. The third kappa shape index (κ3) is 4.86. The average Bonchev–Trinajstić information content (AvgIpc) is 3.17. The lowest BCUT2D eigenvalue weighted by atomic mass is 9.96. The lowest BCUT2D eigenvalue weighted by Gasteiger charge is -2.42. The Morgan fingerprint density at radius 2 is 2.21 bits per heavy atom. The zero-order valence-corrected chi connectivity index (χ0v) is 16.4. The molecule has 6 nitrogen and oxygen atoms in total. The molecule has 1 saturated heterocycles. The van der Waals surface area contributed by atoms with Crippen molar-refractivity contribution in [1.29, 1.82) is 0 Å². The van der Waals surface area contributed by atoms with Gasteiger partial charge in [0.2, 0.25) is 5.91 Å². The van der Waals surface area contributed by atoms with E-state index in [2.05, 4.69) is 15.2 Å². The maximum Gasteiger partial charge on any atom is 0.405 e. The molecule has 10 heteroatoms. The highest BCUT2D eigenvalue weighted by Gasteiger charge is 2.37. The average molecular weight is 413 g/mol. The summed E-state index contributed by atoms with van der Waals surface area (Å²) in [6.45, 7) is 4.16. The molecular formula is C18H22F3N5OS. The summed E-state index contributed by atoms with van der Waals surface area (Å²) in [5, 5.41) is 7.78. The number of aromatic nitrogens is 2. The highest BCUT2D eigenvalue weighted by atomic mass is 32.1. The quantitative estimate of drug-likeness (QED) is 0.788. The number of carbonyl (C=O) groups excluding carboxylic acids is 1. The molecule has 0 radical (unpaired) electrons. The van der Waals surface area contributed by atoms with Crippen LogP contribution in [0.3, 0.4) is 0 Å². The van der Waals surface area contributed by atoms with Crippen molar-refractivity contribution in [3.63, 3.8) is 0 Å². The molecular weight excluding hydrogens is 391 g/mol. The third-order valence-electron chi connectivity index (χ3n) is 4.79. The van der Waals surface area contributed by atoms with Crippen LogP contribution >= 0.6 is 11.3 Å². The molecule has 3 heterocycles. The second-order valence-corrected chi connectivity index (χ2v) is 7.98. The van der Waals surface area contributed by atoms with Gasteiger partial charge in [0.25, 0.3) is 0 Å². The van der Waals surface area contributed by atoms with Crippen molar-refractivity contribution < 1.29 is 18.0 Å². The Balaban J connectivity index is 1.69. The Kier molecular flexibility index (Phi) is 6.01. The lowest BCUT2D eigenvalue weighted by Crippen LogP contribution is -2.61. The Bertz CT molecular complexity index is 809. The standard InChI is InChI=1S/C18H22F3N5OS/c1-17(2,14-10-28-16(25-14)12-4-3-5-22-8-12)26-7-6-23-13(9-26)15(27)24-11-18(19,20)21/h3-5,8,10,13,23H,6-7,9,11H2,1-2H3,(H,24,27). The minimum atomic E-state index is -4.42. The van der Waals surface area contributed by atoms with Crippen LogP contribution in [-0.4, -0.2) is 59.2 Å². The van der Waals surface area contributed by atoms with E-state index in [9.17, 15) is 18.0 Å². The molecule has 28 heavy (non-hydrogen) atoms. The first-order chi connectivity index (χ1) is 13.2. The summed E-state index contributed by atoms with van der Waals surface area (Å²) in [5.74, 6) is -0.646. The first-order valence-electron chi connectivity index (χ1n) is 8.86. The van der Waals surface area contributed by atoms with Crippen LogP contribution in [0.1, 0.15) is 19.5 Å². The number of alkyl halides is 3. The Labute approximate surface area is 165 Å². The molecule has 1 aliphatic rings. The monoisotopic (exact) mass is 413 g/mol. The fraction of sp³-hybridized carbons (Fsp3) is 0.500. The second-order valence-electron chi connectivity index (χ2n) is 7.12.